The average Bonchev–Trinajstić information content (AvgIpc) is 2.54. The molecule has 24 heavy (non-hydrogen) atoms. The monoisotopic (exact) mass is 334 g/mol. The molecule has 0 fully saturated rings. The van der Waals surface area contributed by atoms with E-state index in [-0.39, 0.29) is 6.61 Å². The third-order valence-electron chi connectivity index (χ3n) is 3.35. The Bertz CT molecular complexity index is 758. The molecule has 0 aromatic heterocycles. The topological polar surface area (TPSA) is 67.4 Å². The van der Waals surface area contributed by atoms with E-state index in [1.165, 1.54) is 0 Å². The molecule has 2 amide bonds. The predicted octanol–water partition coefficient (Wildman–Crippen LogP) is 2.42. The lowest BCUT2D eigenvalue weighted by molar-refractivity contribution is -0.123. The SMILES string of the molecule is Cc1ccc(OCC(=O)NNC(=O)c2c(F)cccc2F)cc1C. The van der Waals surface area contributed by atoms with Crippen molar-refractivity contribution in [3.63, 3.8) is 0 Å². The molecule has 0 bridgehead atoms. The molecule has 0 saturated carbocycles. The summed E-state index contributed by atoms with van der Waals surface area (Å²) in [6, 6.07) is 8.37. The van der Waals surface area contributed by atoms with E-state index in [0.29, 0.717) is 5.75 Å². The number of hydrogen-bond acceptors (Lipinski definition) is 3. The van der Waals surface area contributed by atoms with Gasteiger partial charge in [0.25, 0.3) is 11.8 Å². The number of aryl methyl sites for hydroxylation is 2. The van der Waals surface area contributed by atoms with Crippen LogP contribution in [0.1, 0.15) is 21.5 Å². The van der Waals surface area contributed by atoms with Gasteiger partial charge < -0.3 is 4.74 Å². The van der Waals surface area contributed by atoms with Crippen molar-refractivity contribution < 1.29 is 23.1 Å². The number of hydrazine groups is 1. The minimum atomic E-state index is -1.09. The molecule has 2 N–H and O–H groups in total. The number of hydrogen-bond donors (Lipinski definition) is 2. The van der Waals surface area contributed by atoms with E-state index in [2.05, 4.69) is 0 Å². The molecule has 0 aliphatic heterocycles. The largest absolute Gasteiger partial charge is 0.484 e. The Labute approximate surface area is 137 Å². The van der Waals surface area contributed by atoms with Crippen LogP contribution in [0.25, 0.3) is 0 Å². The lowest BCUT2D eigenvalue weighted by Crippen LogP contribution is -2.44. The molecule has 0 saturated heterocycles. The van der Waals surface area contributed by atoms with Crippen molar-refractivity contribution in [1.82, 2.24) is 10.9 Å². The van der Waals surface area contributed by atoms with E-state index < -0.39 is 29.0 Å². The van der Waals surface area contributed by atoms with Crippen LogP contribution in [0.4, 0.5) is 8.78 Å². The van der Waals surface area contributed by atoms with Crippen molar-refractivity contribution in [1.29, 1.82) is 0 Å². The second kappa shape index (κ2) is 7.54. The maximum atomic E-state index is 13.4. The molecule has 0 unspecified atom stereocenters. The first-order valence-electron chi connectivity index (χ1n) is 7.11. The summed E-state index contributed by atoms with van der Waals surface area (Å²) < 4.78 is 32.1. The highest BCUT2D eigenvalue weighted by atomic mass is 19.1. The van der Waals surface area contributed by atoms with Crippen LogP contribution in [0.5, 0.6) is 5.75 Å². The van der Waals surface area contributed by atoms with E-state index in [9.17, 15) is 18.4 Å². The predicted molar refractivity (Wildman–Crippen MR) is 83.4 cm³/mol. The Morgan fingerprint density at radius 1 is 1.00 bits per heavy atom. The second-order valence-electron chi connectivity index (χ2n) is 5.13. The second-order valence-corrected chi connectivity index (χ2v) is 5.13. The van der Waals surface area contributed by atoms with E-state index in [0.717, 1.165) is 29.3 Å². The number of rotatable bonds is 4. The van der Waals surface area contributed by atoms with Crippen LogP contribution < -0.4 is 15.6 Å². The van der Waals surface area contributed by atoms with Crippen LogP contribution in [0.2, 0.25) is 0 Å². The molecular formula is C17H16F2N2O3. The van der Waals surface area contributed by atoms with Gasteiger partial charge in [0.2, 0.25) is 0 Å². The fourth-order valence-electron chi connectivity index (χ4n) is 1.89. The van der Waals surface area contributed by atoms with Gasteiger partial charge in [-0.1, -0.05) is 12.1 Å². The number of nitrogens with one attached hydrogen (secondary N) is 2. The minimum absolute atomic E-state index is 0.359. The van der Waals surface area contributed by atoms with Gasteiger partial charge in [-0.15, -0.1) is 0 Å². The van der Waals surface area contributed by atoms with Gasteiger partial charge in [0, 0.05) is 0 Å². The molecule has 2 aromatic rings. The highest BCUT2D eigenvalue weighted by Crippen LogP contribution is 2.16. The Balaban J connectivity index is 1.87. The summed E-state index contributed by atoms with van der Waals surface area (Å²) in [6.45, 7) is 3.50. The molecule has 0 aliphatic rings. The van der Waals surface area contributed by atoms with Crippen molar-refractivity contribution in [2.45, 2.75) is 13.8 Å². The number of ether oxygens (including phenoxy) is 1. The van der Waals surface area contributed by atoms with E-state index in [1.54, 1.807) is 12.1 Å². The molecule has 7 heteroatoms. The first-order valence-corrected chi connectivity index (χ1v) is 7.11. The number of carbonyl (C=O) groups is 2. The molecule has 0 radical (unpaired) electrons. The van der Waals surface area contributed by atoms with Gasteiger partial charge in [-0.3, -0.25) is 20.4 Å². The molecule has 0 spiro atoms. The summed E-state index contributed by atoms with van der Waals surface area (Å²) in [4.78, 5) is 23.3. The first kappa shape index (κ1) is 17.4. The van der Waals surface area contributed by atoms with Crippen molar-refractivity contribution >= 4 is 11.8 Å². The van der Waals surface area contributed by atoms with Crippen molar-refractivity contribution in [3.05, 3.63) is 64.7 Å². The molecule has 2 aromatic carbocycles. The number of benzene rings is 2. The maximum Gasteiger partial charge on any atom is 0.276 e. The number of halogens is 2. The zero-order valence-corrected chi connectivity index (χ0v) is 13.2. The van der Waals surface area contributed by atoms with Crippen molar-refractivity contribution in [2.24, 2.45) is 0 Å². The molecule has 0 heterocycles. The van der Waals surface area contributed by atoms with Gasteiger partial charge in [-0.25, -0.2) is 8.78 Å². The van der Waals surface area contributed by atoms with Gasteiger partial charge in [0.15, 0.2) is 6.61 Å². The first-order chi connectivity index (χ1) is 11.4. The standard InChI is InChI=1S/C17H16F2N2O3/c1-10-6-7-12(8-11(10)2)24-9-15(22)20-21-17(23)16-13(18)4-3-5-14(16)19/h3-8H,9H2,1-2H3,(H,20,22)(H,21,23). The average molecular weight is 334 g/mol. The van der Waals surface area contributed by atoms with Crippen LogP contribution in [-0.2, 0) is 4.79 Å². The molecule has 0 aliphatic carbocycles. The Morgan fingerprint density at radius 2 is 1.67 bits per heavy atom. The summed E-state index contributed by atoms with van der Waals surface area (Å²) >= 11 is 0. The van der Waals surface area contributed by atoms with Crippen LogP contribution in [0.15, 0.2) is 36.4 Å². The fourth-order valence-corrected chi connectivity index (χ4v) is 1.89. The lowest BCUT2D eigenvalue weighted by Gasteiger charge is -2.10. The van der Waals surface area contributed by atoms with Gasteiger partial charge in [0.1, 0.15) is 22.9 Å². The zero-order valence-electron chi connectivity index (χ0n) is 13.2. The lowest BCUT2D eigenvalue weighted by atomic mass is 10.1. The Morgan fingerprint density at radius 3 is 2.29 bits per heavy atom. The third-order valence-corrected chi connectivity index (χ3v) is 3.35. The summed E-state index contributed by atoms with van der Waals surface area (Å²) in [7, 11) is 0. The van der Waals surface area contributed by atoms with Crippen molar-refractivity contribution in [2.75, 3.05) is 6.61 Å². The van der Waals surface area contributed by atoms with Gasteiger partial charge in [-0.05, 0) is 49.2 Å². The molecule has 0 atom stereocenters. The smallest absolute Gasteiger partial charge is 0.276 e. The molecule has 2 rings (SSSR count). The summed E-state index contributed by atoms with van der Waals surface area (Å²) in [5, 5.41) is 0. The summed E-state index contributed by atoms with van der Waals surface area (Å²) in [6.07, 6.45) is 0. The quantitative estimate of drug-likeness (QED) is 0.844. The summed E-state index contributed by atoms with van der Waals surface area (Å²) in [5.74, 6) is -3.30. The highest BCUT2D eigenvalue weighted by molar-refractivity contribution is 5.95. The van der Waals surface area contributed by atoms with Crippen LogP contribution in [0, 0.1) is 25.5 Å². The fraction of sp³-hybridized carbons (Fsp3) is 0.176. The van der Waals surface area contributed by atoms with Gasteiger partial charge >= 0.3 is 0 Å². The van der Waals surface area contributed by atoms with Crippen LogP contribution in [-0.4, -0.2) is 18.4 Å². The normalized spacial score (nSPS) is 10.2. The van der Waals surface area contributed by atoms with Crippen LogP contribution >= 0.6 is 0 Å². The van der Waals surface area contributed by atoms with Gasteiger partial charge in [0.05, 0.1) is 0 Å². The van der Waals surface area contributed by atoms with E-state index in [4.69, 9.17) is 4.74 Å². The maximum absolute atomic E-state index is 13.4. The van der Waals surface area contributed by atoms with Crippen LogP contribution in [0.3, 0.4) is 0 Å². The number of carbonyl (C=O) groups excluding carboxylic acids is 2. The zero-order chi connectivity index (χ0) is 17.7. The Kier molecular flexibility index (Phi) is 5.47. The minimum Gasteiger partial charge on any atom is -0.484 e. The van der Waals surface area contributed by atoms with E-state index in [1.807, 2.05) is 30.8 Å². The third kappa shape index (κ3) is 4.28. The Hall–Kier alpha value is -2.96. The van der Waals surface area contributed by atoms with E-state index >= 15 is 0 Å². The van der Waals surface area contributed by atoms with Gasteiger partial charge in [-0.2, -0.15) is 0 Å². The highest BCUT2D eigenvalue weighted by Gasteiger charge is 2.17. The summed E-state index contributed by atoms with van der Waals surface area (Å²) in [5.41, 5.74) is 5.30. The molecule has 5 nitrogen and oxygen atoms in total. The molecule has 126 valence electrons. The number of amides is 2. The molecular weight excluding hydrogens is 318 g/mol. The van der Waals surface area contributed by atoms with Crippen molar-refractivity contribution in [3.8, 4) is 5.75 Å².